The van der Waals surface area contributed by atoms with Gasteiger partial charge in [0.05, 0.1) is 0 Å². The minimum absolute atomic E-state index is 0.291. The van der Waals surface area contributed by atoms with Gasteiger partial charge in [0.1, 0.15) is 0 Å². The van der Waals surface area contributed by atoms with Crippen molar-refractivity contribution in [2.24, 2.45) is 0 Å². The van der Waals surface area contributed by atoms with Crippen molar-refractivity contribution in [3.05, 3.63) is 130 Å². The first kappa shape index (κ1) is 21.4. The zero-order valence-electron chi connectivity index (χ0n) is 19.5. The van der Waals surface area contributed by atoms with Gasteiger partial charge in [-0.25, -0.2) is 0 Å². The van der Waals surface area contributed by atoms with Crippen LogP contribution in [0, 0.1) is 0 Å². The van der Waals surface area contributed by atoms with E-state index >= 15 is 0 Å². The molecule has 0 aromatic heterocycles. The molecule has 0 nitrogen and oxygen atoms in total. The zero-order valence-corrected chi connectivity index (χ0v) is 21.1. The van der Waals surface area contributed by atoms with Crippen molar-refractivity contribution in [3.63, 3.8) is 0 Å². The van der Waals surface area contributed by atoms with Gasteiger partial charge in [-0.2, -0.15) is 15.8 Å². The van der Waals surface area contributed by atoms with Crippen LogP contribution >= 0.6 is 15.8 Å². The molecule has 0 aliphatic heterocycles. The van der Waals surface area contributed by atoms with Gasteiger partial charge >= 0.3 is 0 Å². The smallest absolute Gasteiger partial charge is 0.155 e. The third-order valence-corrected chi connectivity index (χ3v) is 8.54. The molecular weight excluding hydrogens is 475 g/mol. The molecule has 0 heterocycles. The largest absolute Gasteiger partial charge is 0.246 e. The Hall–Kier alpha value is -3.10. The van der Waals surface area contributed by atoms with Crippen LogP contribution in [0.3, 0.4) is 0 Å². The van der Waals surface area contributed by atoms with E-state index in [1.165, 1.54) is 55.7 Å². The maximum absolute atomic E-state index is 4.23. The molecule has 4 aromatic rings. The second kappa shape index (κ2) is 8.60. The lowest BCUT2D eigenvalue weighted by molar-refractivity contribution is 1.03. The predicted molar refractivity (Wildman–Crippen MR) is 151 cm³/mol. The van der Waals surface area contributed by atoms with Gasteiger partial charge in [-0.3, -0.25) is 0 Å². The molecule has 0 fully saturated rings. The number of hydrogen-bond acceptors (Lipinski definition) is 0. The third kappa shape index (κ3) is 3.44. The van der Waals surface area contributed by atoms with Gasteiger partial charge in [-0.05, 0) is 70.0 Å². The Bertz CT molecular complexity index is 1320. The second-order valence-corrected chi connectivity index (χ2v) is 10.6. The van der Waals surface area contributed by atoms with Crippen LogP contribution < -0.4 is 0 Å². The molecule has 0 saturated carbocycles. The lowest BCUT2D eigenvalue weighted by atomic mass is 9.49. The van der Waals surface area contributed by atoms with Crippen LogP contribution in [0.2, 0.25) is 0 Å². The number of rotatable bonds is 4. The van der Waals surface area contributed by atoms with Crippen LogP contribution in [0.1, 0.15) is 47.7 Å². The van der Waals surface area contributed by atoms with Crippen LogP contribution in [0.4, 0.5) is 0 Å². The van der Waals surface area contributed by atoms with Gasteiger partial charge in [0.15, 0.2) is 0 Å². The highest BCUT2D eigenvalue weighted by Gasteiger charge is 2.41. The van der Waals surface area contributed by atoms with Crippen LogP contribution in [0.25, 0.3) is 34.4 Å². The summed E-state index contributed by atoms with van der Waals surface area (Å²) in [5.74, 6) is 0.691. The van der Waals surface area contributed by atoms with Crippen LogP contribution in [-0.2, 0) is 0 Å². The summed E-state index contributed by atoms with van der Waals surface area (Å²) < 4.78 is 0. The summed E-state index contributed by atoms with van der Waals surface area (Å²) in [6, 6.07) is 35.1. The quantitative estimate of drug-likeness (QED) is 0.245. The van der Waals surface area contributed by atoms with Crippen LogP contribution in [0.5, 0.6) is 0 Å². The molecule has 34 heavy (non-hydrogen) atoms. The van der Waals surface area contributed by atoms with E-state index in [0.717, 1.165) is 0 Å². The van der Waals surface area contributed by atoms with Crippen molar-refractivity contribution in [3.8, 4) is 22.3 Å². The summed E-state index contributed by atoms with van der Waals surface area (Å²) in [5, 5.41) is 0. The minimum Gasteiger partial charge on any atom is -0.155 e. The van der Waals surface area contributed by atoms with Gasteiger partial charge in [0, 0.05) is 0 Å². The molecule has 6 rings (SSSR count). The lowest BCUT2D eigenvalue weighted by Gasteiger charge is -2.26. The SMILES string of the molecule is CC1=Cc2c(-c3ccccc3)cccc2C1B(Br)C1C(C)=Cc2c(-c3ccccc3)cccc21. The Morgan fingerprint density at radius 3 is 1.35 bits per heavy atom. The molecule has 2 heteroatoms. The fourth-order valence-electron chi connectivity index (χ4n) is 5.93. The summed E-state index contributed by atoms with van der Waals surface area (Å²) in [6.45, 7) is 4.59. The van der Waals surface area contributed by atoms with E-state index in [4.69, 9.17) is 0 Å². The average molecular weight is 501 g/mol. The number of hydrogen-bond donors (Lipinski definition) is 0. The summed E-state index contributed by atoms with van der Waals surface area (Å²) in [7, 11) is 0. The van der Waals surface area contributed by atoms with E-state index in [0.29, 0.717) is 17.2 Å². The van der Waals surface area contributed by atoms with Crippen molar-refractivity contribution in [2.45, 2.75) is 25.5 Å². The molecule has 0 radical (unpaired) electrons. The van der Waals surface area contributed by atoms with E-state index in [1.807, 2.05) is 0 Å². The van der Waals surface area contributed by atoms with E-state index in [-0.39, 0.29) is 0 Å². The first-order chi connectivity index (χ1) is 16.6. The van der Waals surface area contributed by atoms with E-state index in [2.05, 4.69) is 139 Å². The summed E-state index contributed by atoms with van der Waals surface area (Å²) in [5.41, 5.74) is 14.0. The Morgan fingerprint density at radius 1 is 0.529 bits per heavy atom. The maximum atomic E-state index is 4.23. The van der Waals surface area contributed by atoms with E-state index in [1.54, 1.807) is 0 Å². The molecule has 0 saturated heterocycles. The van der Waals surface area contributed by atoms with Crippen molar-refractivity contribution in [1.29, 1.82) is 0 Å². The molecule has 0 bridgehead atoms. The van der Waals surface area contributed by atoms with E-state index < -0.39 is 0 Å². The van der Waals surface area contributed by atoms with Gasteiger partial charge in [0.25, 0.3) is 0 Å². The molecule has 0 spiro atoms. The average Bonchev–Trinajstić information content (AvgIpc) is 3.39. The Balaban J connectivity index is 1.41. The Morgan fingerprint density at radius 2 is 0.941 bits per heavy atom. The molecule has 4 aromatic carbocycles. The summed E-state index contributed by atoms with van der Waals surface area (Å²) >= 11 is 4.23. The minimum atomic E-state index is 0.291. The van der Waals surface area contributed by atoms with E-state index in [9.17, 15) is 0 Å². The summed E-state index contributed by atoms with van der Waals surface area (Å²) in [6.07, 6.45) is 4.82. The van der Waals surface area contributed by atoms with Crippen molar-refractivity contribution in [1.82, 2.24) is 0 Å². The number of halogens is 1. The zero-order chi connectivity index (χ0) is 23.2. The number of allylic oxidation sites excluding steroid dienone is 2. The van der Waals surface area contributed by atoms with Gasteiger partial charge in [0.2, 0.25) is 5.54 Å². The Kier molecular flexibility index (Phi) is 5.42. The van der Waals surface area contributed by atoms with Crippen LogP contribution in [-0.4, -0.2) is 5.54 Å². The van der Waals surface area contributed by atoms with Gasteiger partial charge in [-0.1, -0.05) is 120 Å². The molecule has 2 aliphatic carbocycles. The lowest BCUT2D eigenvalue weighted by Crippen LogP contribution is -2.26. The topological polar surface area (TPSA) is 0 Å². The molecule has 2 aliphatic rings. The first-order valence-electron chi connectivity index (χ1n) is 12.0. The predicted octanol–water partition coefficient (Wildman–Crippen LogP) is 9.19. The van der Waals surface area contributed by atoms with Crippen molar-refractivity contribution >= 4 is 33.4 Å². The first-order valence-corrected chi connectivity index (χ1v) is 12.9. The molecule has 0 amide bonds. The highest BCUT2D eigenvalue weighted by Crippen LogP contribution is 2.51. The molecule has 2 atom stereocenters. The van der Waals surface area contributed by atoms with Crippen molar-refractivity contribution in [2.75, 3.05) is 0 Å². The second-order valence-electron chi connectivity index (χ2n) is 9.53. The highest BCUT2D eigenvalue weighted by molar-refractivity contribution is 9.24. The standard InChI is InChI=1S/C32H26BBr/c1-21-19-29-25(23-11-5-3-6-12-23)15-9-17-27(29)31(21)33(34)32-22(2)20-30-26(16-10-18-28(30)32)24-13-7-4-8-14-24/h3-20,31-32H,1-2H3. The molecule has 2 unspecified atom stereocenters. The van der Waals surface area contributed by atoms with Crippen molar-refractivity contribution < 1.29 is 0 Å². The summed E-state index contributed by atoms with van der Waals surface area (Å²) in [4.78, 5) is 0. The van der Waals surface area contributed by atoms with Gasteiger partial charge in [-0.15, -0.1) is 0 Å². The number of benzene rings is 4. The van der Waals surface area contributed by atoms with Gasteiger partial charge < -0.3 is 0 Å². The fourth-order valence-corrected chi connectivity index (χ4v) is 7.34. The monoisotopic (exact) mass is 500 g/mol. The third-order valence-electron chi connectivity index (χ3n) is 7.48. The molecule has 0 N–H and O–H groups in total. The normalized spacial score (nSPS) is 18.2. The molecular formula is C32H26BBr. The Labute approximate surface area is 211 Å². The molecule has 164 valence electrons. The maximum Gasteiger partial charge on any atom is 0.246 e. The van der Waals surface area contributed by atoms with Crippen LogP contribution in [0.15, 0.2) is 108 Å². The fraction of sp³-hybridized carbons (Fsp3) is 0.125. The highest BCUT2D eigenvalue weighted by atomic mass is 79.9. The number of fused-ring (bicyclic) bond motifs is 2.